The first-order valence-electron chi connectivity index (χ1n) is 6.38. The van der Waals surface area contributed by atoms with Crippen LogP contribution < -0.4 is 5.73 Å². The third-order valence-electron chi connectivity index (χ3n) is 3.47. The Morgan fingerprint density at radius 1 is 1.50 bits per heavy atom. The topological polar surface area (TPSA) is 49.6 Å². The van der Waals surface area contributed by atoms with E-state index < -0.39 is 0 Å². The summed E-state index contributed by atoms with van der Waals surface area (Å²) < 4.78 is 0. The molecule has 16 heavy (non-hydrogen) atoms. The van der Waals surface area contributed by atoms with Crippen LogP contribution in [-0.2, 0) is 4.79 Å². The first-order valence-corrected chi connectivity index (χ1v) is 6.38. The van der Waals surface area contributed by atoms with E-state index in [0.717, 1.165) is 39.0 Å². The Morgan fingerprint density at radius 3 is 2.62 bits per heavy atom. The number of nitrogens with two attached hydrogens (primary N) is 1. The van der Waals surface area contributed by atoms with E-state index in [1.54, 1.807) is 0 Å². The van der Waals surface area contributed by atoms with Crippen molar-refractivity contribution in [3.05, 3.63) is 0 Å². The summed E-state index contributed by atoms with van der Waals surface area (Å²) in [6.45, 7) is 9.49. The van der Waals surface area contributed by atoms with Crippen molar-refractivity contribution >= 4 is 5.91 Å². The Bertz CT molecular complexity index is 228. The van der Waals surface area contributed by atoms with Gasteiger partial charge in [-0.05, 0) is 40.2 Å². The second kappa shape index (κ2) is 6.21. The summed E-state index contributed by atoms with van der Waals surface area (Å²) in [6, 6.07) is 0.215. The molecule has 2 atom stereocenters. The van der Waals surface area contributed by atoms with E-state index in [0.29, 0.717) is 0 Å². The summed E-state index contributed by atoms with van der Waals surface area (Å²) >= 11 is 0. The SMILES string of the molecule is CCN(CC)C(=O)C(C)N1CCC[C@@H](N)C1. The molecule has 1 unspecified atom stereocenters. The van der Waals surface area contributed by atoms with Gasteiger partial charge in [0.1, 0.15) is 0 Å². The summed E-state index contributed by atoms with van der Waals surface area (Å²) in [5.41, 5.74) is 5.94. The minimum atomic E-state index is -0.0220. The van der Waals surface area contributed by atoms with Gasteiger partial charge in [0.05, 0.1) is 6.04 Å². The normalized spacial score (nSPS) is 24.1. The Morgan fingerprint density at radius 2 is 2.12 bits per heavy atom. The van der Waals surface area contributed by atoms with E-state index in [-0.39, 0.29) is 18.0 Å². The van der Waals surface area contributed by atoms with Gasteiger partial charge >= 0.3 is 0 Å². The summed E-state index contributed by atoms with van der Waals surface area (Å²) in [7, 11) is 0. The fourth-order valence-corrected chi connectivity index (χ4v) is 2.35. The van der Waals surface area contributed by atoms with Crippen LogP contribution in [0.5, 0.6) is 0 Å². The Kier molecular flexibility index (Phi) is 5.22. The molecule has 1 rings (SSSR count). The van der Waals surface area contributed by atoms with Gasteiger partial charge in [-0.2, -0.15) is 0 Å². The van der Waals surface area contributed by atoms with Crippen molar-refractivity contribution < 1.29 is 4.79 Å². The highest BCUT2D eigenvalue weighted by atomic mass is 16.2. The van der Waals surface area contributed by atoms with E-state index in [1.807, 2.05) is 25.7 Å². The molecule has 0 radical (unpaired) electrons. The average Bonchev–Trinajstić information content (AvgIpc) is 2.29. The maximum absolute atomic E-state index is 12.2. The van der Waals surface area contributed by atoms with E-state index in [2.05, 4.69) is 4.90 Å². The van der Waals surface area contributed by atoms with Gasteiger partial charge in [-0.3, -0.25) is 9.69 Å². The molecular formula is C12H25N3O. The smallest absolute Gasteiger partial charge is 0.239 e. The predicted octanol–water partition coefficient (Wildman–Crippen LogP) is 0.666. The first kappa shape index (κ1) is 13.5. The third-order valence-corrected chi connectivity index (χ3v) is 3.47. The largest absolute Gasteiger partial charge is 0.342 e. The second-order valence-electron chi connectivity index (χ2n) is 4.58. The molecule has 1 fully saturated rings. The molecule has 94 valence electrons. The molecule has 1 amide bonds. The summed E-state index contributed by atoms with van der Waals surface area (Å²) in [4.78, 5) is 16.3. The number of carbonyl (C=O) groups excluding carboxylic acids is 1. The average molecular weight is 227 g/mol. The lowest BCUT2D eigenvalue weighted by Gasteiger charge is -2.36. The number of piperidine rings is 1. The molecular weight excluding hydrogens is 202 g/mol. The molecule has 0 aromatic carbocycles. The van der Waals surface area contributed by atoms with Gasteiger partial charge in [-0.25, -0.2) is 0 Å². The summed E-state index contributed by atoms with van der Waals surface area (Å²) in [5.74, 6) is 0.235. The van der Waals surface area contributed by atoms with Gasteiger partial charge < -0.3 is 10.6 Å². The Hall–Kier alpha value is -0.610. The summed E-state index contributed by atoms with van der Waals surface area (Å²) in [6.07, 6.45) is 2.19. The Balaban J connectivity index is 2.55. The maximum atomic E-state index is 12.2. The van der Waals surface area contributed by atoms with Crippen molar-refractivity contribution in [2.45, 2.75) is 45.7 Å². The molecule has 1 aliphatic rings. The van der Waals surface area contributed by atoms with Crippen LogP contribution in [0.4, 0.5) is 0 Å². The lowest BCUT2D eigenvalue weighted by molar-refractivity contribution is -0.136. The van der Waals surface area contributed by atoms with Crippen LogP contribution in [0, 0.1) is 0 Å². The second-order valence-corrected chi connectivity index (χ2v) is 4.58. The Labute approximate surface area is 98.8 Å². The molecule has 0 aliphatic carbocycles. The van der Waals surface area contributed by atoms with Crippen LogP contribution in [0.2, 0.25) is 0 Å². The van der Waals surface area contributed by atoms with E-state index in [4.69, 9.17) is 5.73 Å². The zero-order valence-electron chi connectivity index (χ0n) is 10.8. The molecule has 4 heteroatoms. The lowest BCUT2D eigenvalue weighted by atomic mass is 10.0. The number of carbonyl (C=O) groups is 1. The van der Waals surface area contributed by atoms with Crippen molar-refractivity contribution in [3.8, 4) is 0 Å². The summed E-state index contributed by atoms with van der Waals surface area (Å²) in [5, 5.41) is 0. The monoisotopic (exact) mass is 227 g/mol. The predicted molar refractivity (Wildman–Crippen MR) is 66.2 cm³/mol. The van der Waals surface area contributed by atoms with Gasteiger partial charge in [0.25, 0.3) is 0 Å². The molecule has 1 saturated heterocycles. The van der Waals surface area contributed by atoms with Crippen molar-refractivity contribution in [1.82, 2.24) is 9.80 Å². The molecule has 0 spiro atoms. The molecule has 0 saturated carbocycles. The molecule has 2 N–H and O–H groups in total. The van der Waals surface area contributed by atoms with Gasteiger partial charge in [0, 0.05) is 25.7 Å². The molecule has 0 aromatic heterocycles. The quantitative estimate of drug-likeness (QED) is 0.768. The molecule has 0 aromatic rings. The number of likely N-dealkylation sites (tertiary alicyclic amines) is 1. The highest BCUT2D eigenvalue weighted by molar-refractivity contribution is 5.81. The van der Waals surface area contributed by atoms with Crippen molar-refractivity contribution in [3.63, 3.8) is 0 Å². The molecule has 1 heterocycles. The number of amides is 1. The van der Waals surface area contributed by atoms with E-state index >= 15 is 0 Å². The number of rotatable bonds is 4. The van der Waals surface area contributed by atoms with Crippen LogP contribution >= 0.6 is 0 Å². The fourth-order valence-electron chi connectivity index (χ4n) is 2.35. The number of hydrogen-bond acceptors (Lipinski definition) is 3. The van der Waals surface area contributed by atoms with Crippen molar-refractivity contribution in [2.24, 2.45) is 5.73 Å². The maximum Gasteiger partial charge on any atom is 0.239 e. The van der Waals surface area contributed by atoms with Crippen LogP contribution in [0.15, 0.2) is 0 Å². The standard InChI is InChI=1S/C12H25N3O/c1-4-14(5-2)12(16)10(3)15-8-6-7-11(13)9-15/h10-11H,4-9,13H2,1-3H3/t10?,11-/m1/s1. The van der Waals surface area contributed by atoms with Crippen molar-refractivity contribution in [1.29, 1.82) is 0 Å². The van der Waals surface area contributed by atoms with E-state index in [9.17, 15) is 4.79 Å². The number of hydrogen-bond donors (Lipinski definition) is 1. The zero-order valence-corrected chi connectivity index (χ0v) is 10.8. The molecule has 4 nitrogen and oxygen atoms in total. The van der Waals surface area contributed by atoms with Crippen LogP contribution in [-0.4, -0.2) is 54.0 Å². The van der Waals surface area contributed by atoms with Gasteiger partial charge in [-0.1, -0.05) is 0 Å². The van der Waals surface area contributed by atoms with Crippen LogP contribution in [0.25, 0.3) is 0 Å². The van der Waals surface area contributed by atoms with Gasteiger partial charge in [-0.15, -0.1) is 0 Å². The highest BCUT2D eigenvalue weighted by Gasteiger charge is 2.27. The number of likely N-dealkylation sites (N-methyl/N-ethyl adjacent to an activating group) is 1. The minimum absolute atomic E-state index is 0.0220. The minimum Gasteiger partial charge on any atom is -0.342 e. The van der Waals surface area contributed by atoms with Gasteiger partial charge in [0.15, 0.2) is 0 Å². The zero-order chi connectivity index (χ0) is 12.1. The highest BCUT2D eigenvalue weighted by Crippen LogP contribution is 2.13. The van der Waals surface area contributed by atoms with Crippen molar-refractivity contribution in [2.75, 3.05) is 26.2 Å². The fraction of sp³-hybridized carbons (Fsp3) is 0.917. The third kappa shape index (κ3) is 3.19. The van der Waals surface area contributed by atoms with E-state index in [1.165, 1.54) is 0 Å². The first-order chi connectivity index (χ1) is 7.60. The molecule has 1 aliphatic heterocycles. The lowest BCUT2D eigenvalue weighted by Crippen LogP contribution is -2.52. The number of nitrogens with zero attached hydrogens (tertiary/aromatic N) is 2. The molecule has 0 bridgehead atoms. The van der Waals surface area contributed by atoms with Gasteiger partial charge in [0.2, 0.25) is 5.91 Å². The van der Waals surface area contributed by atoms with Crippen LogP contribution in [0.1, 0.15) is 33.6 Å². The van der Waals surface area contributed by atoms with Crippen LogP contribution in [0.3, 0.4) is 0 Å².